The van der Waals surface area contributed by atoms with E-state index in [2.05, 4.69) is 19.7 Å². The number of nitrogens with one attached hydrogen (secondary N) is 1. The van der Waals surface area contributed by atoms with Crippen LogP contribution >= 0.6 is 11.5 Å². The molecule has 0 aliphatic heterocycles. The van der Waals surface area contributed by atoms with Crippen LogP contribution in [0.25, 0.3) is 11.5 Å². The Morgan fingerprint density at radius 3 is 2.62 bits per heavy atom. The van der Waals surface area contributed by atoms with Crippen molar-refractivity contribution < 1.29 is 23.1 Å². The fourth-order valence-corrected chi connectivity index (χ4v) is 2.99. The quantitative estimate of drug-likeness (QED) is 0.632. The molecular weight excluding hydrogens is 407 g/mol. The topological polar surface area (TPSA) is 91.2 Å². The first-order valence-corrected chi connectivity index (χ1v) is 9.16. The molecule has 3 aromatic rings. The normalized spacial score (nSPS) is 11.3. The van der Waals surface area contributed by atoms with E-state index < -0.39 is 17.6 Å². The summed E-state index contributed by atoms with van der Waals surface area (Å²) in [5.74, 6) is -0.289. The molecule has 29 heavy (non-hydrogen) atoms. The number of likely N-dealkylation sites (N-methyl/N-ethyl adjacent to an activating group) is 1. The zero-order chi connectivity index (χ0) is 21.0. The molecule has 1 amide bonds. The number of carbonyl (C=O) groups is 1. The summed E-state index contributed by atoms with van der Waals surface area (Å²) < 4.78 is 42.0. The molecule has 0 aliphatic rings. The van der Waals surface area contributed by atoms with Crippen molar-refractivity contribution in [2.75, 3.05) is 30.4 Å². The molecule has 0 aliphatic carbocycles. The van der Waals surface area contributed by atoms with Crippen LogP contribution in [-0.4, -0.2) is 45.6 Å². The first-order valence-electron chi connectivity index (χ1n) is 8.38. The Morgan fingerprint density at radius 1 is 1.24 bits per heavy atom. The van der Waals surface area contributed by atoms with E-state index in [0.29, 0.717) is 18.1 Å². The van der Waals surface area contributed by atoms with Crippen LogP contribution in [0.2, 0.25) is 0 Å². The Morgan fingerprint density at radius 2 is 1.97 bits per heavy atom. The van der Waals surface area contributed by atoms with Crippen molar-refractivity contribution in [1.29, 1.82) is 0 Å². The molecule has 0 bridgehead atoms. The second kappa shape index (κ2) is 8.53. The molecule has 1 aromatic carbocycles. The van der Waals surface area contributed by atoms with Crippen molar-refractivity contribution in [2.45, 2.75) is 6.18 Å². The van der Waals surface area contributed by atoms with Gasteiger partial charge in [0.15, 0.2) is 5.82 Å². The maximum Gasteiger partial charge on any atom is 0.416 e. The third-order valence-corrected chi connectivity index (χ3v) is 4.60. The lowest BCUT2D eigenvalue weighted by molar-refractivity contribution is -0.137. The van der Waals surface area contributed by atoms with E-state index in [9.17, 15) is 18.0 Å². The van der Waals surface area contributed by atoms with Crippen molar-refractivity contribution in [2.24, 2.45) is 0 Å². The molecule has 2 aromatic heterocycles. The average Bonchev–Trinajstić information content (AvgIpc) is 3.16. The fraction of sp³-hybridized carbons (Fsp3) is 0.222. The number of alkyl halides is 3. The minimum atomic E-state index is -4.46. The Labute approximate surface area is 168 Å². The molecule has 0 saturated heterocycles. The van der Waals surface area contributed by atoms with Gasteiger partial charge < -0.3 is 10.0 Å². The van der Waals surface area contributed by atoms with Gasteiger partial charge in [-0.25, -0.2) is 0 Å². The number of benzene rings is 1. The van der Waals surface area contributed by atoms with Crippen LogP contribution in [0.15, 0.2) is 42.6 Å². The Balaban J connectivity index is 1.72. The summed E-state index contributed by atoms with van der Waals surface area (Å²) in [4.78, 5) is 22.5. The largest absolute Gasteiger partial charge is 0.416 e. The van der Waals surface area contributed by atoms with Gasteiger partial charge in [0.2, 0.25) is 5.13 Å². The van der Waals surface area contributed by atoms with Crippen molar-refractivity contribution in [3.8, 4) is 11.5 Å². The van der Waals surface area contributed by atoms with E-state index in [1.165, 1.54) is 0 Å². The Kier molecular flexibility index (Phi) is 6.09. The van der Waals surface area contributed by atoms with E-state index in [1.807, 2.05) is 11.9 Å². The van der Waals surface area contributed by atoms with Crippen molar-refractivity contribution in [3.63, 3.8) is 0 Å². The highest BCUT2D eigenvalue weighted by molar-refractivity contribution is 7.10. The van der Waals surface area contributed by atoms with Crippen molar-refractivity contribution in [1.82, 2.24) is 14.3 Å². The number of halogens is 3. The number of anilines is 2. The lowest BCUT2D eigenvalue weighted by Crippen LogP contribution is -2.21. The highest BCUT2D eigenvalue weighted by Crippen LogP contribution is 2.29. The Hall–Kier alpha value is -3.05. The number of amides is 1. The second-order valence-corrected chi connectivity index (χ2v) is 6.75. The number of hydrogen-bond donors (Lipinski definition) is 2. The summed E-state index contributed by atoms with van der Waals surface area (Å²) >= 11 is 0.933. The van der Waals surface area contributed by atoms with Gasteiger partial charge in [-0.05, 0) is 36.4 Å². The van der Waals surface area contributed by atoms with Gasteiger partial charge in [-0.2, -0.15) is 22.5 Å². The van der Waals surface area contributed by atoms with E-state index in [0.717, 1.165) is 41.5 Å². The molecular formula is C18H16F3N5O2S. The van der Waals surface area contributed by atoms with Crippen LogP contribution < -0.4 is 10.2 Å². The number of aromatic nitrogens is 3. The van der Waals surface area contributed by atoms with Crippen LogP contribution in [-0.2, 0) is 6.18 Å². The van der Waals surface area contributed by atoms with Gasteiger partial charge in [0.1, 0.15) is 5.69 Å². The number of carbonyl (C=O) groups excluding carboxylic acids is 1. The van der Waals surface area contributed by atoms with Crippen LogP contribution in [0.5, 0.6) is 0 Å². The van der Waals surface area contributed by atoms with Crippen LogP contribution in [0, 0.1) is 0 Å². The van der Waals surface area contributed by atoms with Gasteiger partial charge in [-0.3, -0.25) is 15.1 Å². The molecule has 2 N–H and O–H groups in total. The molecule has 0 fully saturated rings. The SMILES string of the molecule is CN(CCO)c1ccnc(-c2nsc(NC(=O)c3ccc(C(F)(F)F)cc3)n2)c1. The molecule has 3 rings (SSSR count). The molecule has 11 heteroatoms. The molecule has 0 spiro atoms. The predicted octanol–water partition coefficient (Wildman–Crippen LogP) is 3.30. The highest BCUT2D eigenvalue weighted by Gasteiger charge is 2.30. The zero-order valence-corrected chi connectivity index (χ0v) is 16.0. The van der Waals surface area contributed by atoms with E-state index in [1.54, 1.807) is 18.3 Å². The number of aliphatic hydroxyl groups is 1. The maximum absolute atomic E-state index is 12.6. The number of aliphatic hydroxyl groups excluding tert-OH is 1. The lowest BCUT2D eigenvalue weighted by atomic mass is 10.1. The third kappa shape index (κ3) is 5.06. The molecule has 0 radical (unpaired) electrons. The first kappa shape index (κ1) is 20.7. The van der Waals surface area contributed by atoms with Gasteiger partial charge in [0.05, 0.1) is 12.2 Å². The molecule has 0 saturated carbocycles. The summed E-state index contributed by atoms with van der Waals surface area (Å²) in [7, 11) is 1.82. The molecule has 2 heterocycles. The second-order valence-electron chi connectivity index (χ2n) is 6.00. The van der Waals surface area contributed by atoms with Crippen LogP contribution in [0.1, 0.15) is 15.9 Å². The van der Waals surface area contributed by atoms with Gasteiger partial charge in [-0.1, -0.05) is 0 Å². The van der Waals surface area contributed by atoms with Crippen molar-refractivity contribution >= 4 is 28.3 Å². The van der Waals surface area contributed by atoms with Crippen LogP contribution in [0.3, 0.4) is 0 Å². The third-order valence-electron chi connectivity index (χ3n) is 3.97. The minimum absolute atomic E-state index is 0.00321. The smallest absolute Gasteiger partial charge is 0.395 e. The standard InChI is InChI=1S/C18H16F3N5O2S/c1-26(8-9-27)13-6-7-22-14(10-13)15-23-17(29-25-15)24-16(28)11-2-4-12(5-3-11)18(19,20)21/h2-7,10,27H,8-9H2,1H3,(H,23,24,25,28). The van der Waals surface area contributed by atoms with Crippen molar-refractivity contribution in [3.05, 3.63) is 53.7 Å². The number of rotatable bonds is 6. The van der Waals surface area contributed by atoms with E-state index in [-0.39, 0.29) is 17.3 Å². The monoisotopic (exact) mass is 423 g/mol. The summed E-state index contributed by atoms with van der Waals surface area (Å²) in [6.07, 6.45) is -2.88. The van der Waals surface area contributed by atoms with Gasteiger partial charge >= 0.3 is 6.18 Å². The first-order chi connectivity index (χ1) is 13.8. The van der Waals surface area contributed by atoms with Gasteiger partial charge in [0.25, 0.3) is 5.91 Å². The molecule has 7 nitrogen and oxygen atoms in total. The van der Waals surface area contributed by atoms with E-state index in [4.69, 9.17) is 5.11 Å². The molecule has 0 unspecified atom stereocenters. The molecule has 152 valence electrons. The summed E-state index contributed by atoms with van der Waals surface area (Å²) in [6.45, 7) is 0.450. The Bertz CT molecular complexity index is 992. The average molecular weight is 423 g/mol. The van der Waals surface area contributed by atoms with E-state index >= 15 is 0 Å². The van der Waals surface area contributed by atoms with Gasteiger partial charge in [0, 0.05) is 42.6 Å². The number of pyridine rings is 1. The number of hydrogen-bond acceptors (Lipinski definition) is 7. The fourth-order valence-electron chi connectivity index (χ4n) is 2.42. The number of nitrogens with zero attached hydrogens (tertiary/aromatic N) is 4. The van der Waals surface area contributed by atoms with Crippen LogP contribution in [0.4, 0.5) is 24.0 Å². The minimum Gasteiger partial charge on any atom is -0.395 e. The lowest BCUT2D eigenvalue weighted by Gasteiger charge is -2.17. The van der Waals surface area contributed by atoms with Gasteiger partial charge in [-0.15, -0.1) is 0 Å². The zero-order valence-electron chi connectivity index (χ0n) is 15.1. The highest BCUT2D eigenvalue weighted by atomic mass is 32.1. The maximum atomic E-state index is 12.6. The summed E-state index contributed by atoms with van der Waals surface area (Å²) in [5.41, 5.74) is 0.539. The summed E-state index contributed by atoms with van der Waals surface area (Å²) in [6, 6.07) is 7.42. The summed E-state index contributed by atoms with van der Waals surface area (Å²) in [5, 5.41) is 11.8. The molecule has 0 atom stereocenters. The predicted molar refractivity (Wildman–Crippen MR) is 103 cm³/mol.